The number of rotatable bonds is 8. The topological polar surface area (TPSA) is 38.3 Å². The Morgan fingerprint density at radius 1 is 1.30 bits per heavy atom. The average molecular weight is 318 g/mol. The lowest BCUT2D eigenvalue weighted by molar-refractivity contribution is -0.121. The van der Waals surface area contributed by atoms with Crippen LogP contribution in [0.15, 0.2) is 18.2 Å². The van der Waals surface area contributed by atoms with Crippen LogP contribution in [0.5, 0.6) is 0 Å². The van der Waals surface area contributed by atoms with E-state index >= 15 is 0 Å². The molecule has 0 radical (unpaired) electrons. The van der Waals surface area contributed by atoms with Gasteiger partial charge in [0.1, 0.15) is 0 Å². The van der Waals surface area contributed by atoms with Gasteiger partial charge in [0, 0.05) is 19.6 Å². The van der Waals surface area contributed by atoms with Crippen LogP contribution in [0.25, 0.3) is 0 Å². The van der Waals surface area contributed by atoms with Gasteiger partial charge in [-0.2, -0.15) is 0 Å². The molecule has 20 heavy (non-hydrogen) atoms. The van der Waals surface area contributed by atoms with Gasteiger partial charge in [-0.15, -0.1) is 0 Å². The Kier molecular flexibility index (Phi) is 7.97. The molecule has 0 atom stereocenters. The summed E-state index contributed by atoms with van der Waals surface area (Å²) in [6.07, 6.45) is 2.17. The van der Waals surface area contributed by atoms with E-state index in [4.69, 9.17) is 27.9 Å². The number of aryl methyl sites for hydroxylation is 1. The van der Waals surface area contributed by atoms with E-state index in [1.165, 1.54) is 0 Å². The molecule has 1 N–H and O–H groups in total. The minimum atomic E-state index is 0.0422. The highest BCUT2D eigenvalue weighted by atomic mass is 35.5. The summed E-state index contributed by atoms with van der Waals surface area (Å²) in [6.45, 7) is 5.31. The number of hydrogen-bond donors (Lipinski definition) is 1. The number of carbonyl (C=O) groups excluding carboxylic acids is 1. The number of amides is 1. The van der Waals surface area contributed by atoms with Crippen LogP contribution < -0.4 is 5.32 Å². The molecule has 0 aromatic heterocycles. The van der Waals surface area contributed by atoms with Crippen molar-refractivity contribution >= 4 is 29.1 Å². The van der Waals surface area contributed by atoms with E-state index in [2.05, 4.69) is 5.32 Å². The van der Waals surface area contributed by atoms with Gasteiger partial charge in [-0.25, -0.2) is 0 Å². The fourth-order valence-corrected chi connectivity index (χ4v) is 1.98. The second kappa shape index (κ2) is 9.22. The summed E-state index contributed by atoms with van der Waals surface area (Å²) in [7, 11) is 0. The number of halogens is 2. The van der Waals surface area contributed by atoms with E-state index in [1.54, 1.807) is 12.1 Å². The maximum absolute atomic E-state index is 11.7. The van der Waals surface area contributed by atoms with E-state index in [1.807, 2.05) is 19.9 Å². The maximum atomic E-state index is 11.7. The summed E-state index contributed by atoms with van der Waals surface area (Å²) in [5.41, 5.74) is 1.01. The summed E-state index contributed by atoms with van der Waals surface area (Å²) >= 11 is 11.8. The zero-order valence-electron chi connectivity index (χ0n) is 11.9. The maximum Gasteiger partial charge on any atom is 0.220 e. The molecule has 3 nitrogen and oxygen atoms in total. The molecule has 1 aromatic rings. The third kappa shape index (κ3) is 7.13. The standard InChI is InChI=1S/C15H21Cl2NO2/c1-11(2)20-9-3-8-18-15(19)7-5-12-4-6-13(16)14(17)10-12/h4,6,10-11H,3,5,7-9H2,1-2H3,(H,18,19). The molecule has 0 bridgehead atoms. The number of benzene rings is 1. The molecule has 0 fully saturated rings. The third-order valence-corrected chi connectivity index (χ3v) is 3.46. The number of hydrogen-bond acceptors (Lipinski definition) is 2. The predicted molar refractivity (Wildman–Crippen MR) is 83.5 cm³/mol. The molecule has 0 spiro atoms. The minimum absolute atomic E-state index is 0.0422. The van der Waals surface area contributed by atoms with Gasteiger partial charge < -0.3 is 10.1 Å². The zero-order chi connectivity index (χ0) is 15.0. The van der Waals surface area contributed by atoms with Crippen molar-refractivity contribution in [1.82, 2.24) is 5.32 Å². The van der Waals surface area contributed by atoms with Crippen LogP contribution >= 0.6 is 23.2 Å². The van der Waals surface area contributed by atoms with Gasteiger partial charge in [0.15, 0.2) is 0 Å². The Morgan fingerprint density at radius 2 is 2.05 bits per heavy atom. The molecule has 0 heterocycles. The van der Waals surface area contributed by atoms with Crippen LogP contribution in [0.3, 0.4) is 0 Å². The number of carbonyl (C=O) groups is 1. The van der Waals surface area contributed by atoms with Gasteiger partial charge in [0.05, 0.1) is 16.1 Å². The first-order valence-corrected chi connectivity index (χ1v) is 7.57. The molecular weight excluding hydrogens is 297 g/mol. The average Bonchev–Trinajstić information content (AvgIpc) is 2.39. The van der Waals surface area contributed by atoms with Gasteiger partial charge in [0.2, 0.25) is 5.91 Å². The molecule has 0 saturated heterocycles. The van der Waals surface area contributed by atoms with Crippen molar-refractivity contribution in [2.75, 3.05) is 13.2 Å². The number of nitrogens with one attached hydrogen (secondary N) is 1. The van der Waals surface area contributed by atoms with Crippen LogP contribution in [0, 0.1) is 0 Å². The van der Waals surface area contributed by atoms with Crippen LogP contribution in [0.2, 0.25) is 10.0 Å². The van der Waals surface area contributed by atoms with Crippen molar-refractivity contribution in [1.29, 1.82) is 0 Å². The van der Waals surface area contributed by atoms with E-state index in [-0.39, 0.29) is 12.0 Å². The second-order valence-corrected chi connectivity index (χ2v) is 5.69. The van der Waals surface area contributed by atoms with Crippen LogP contribution in [-0.4, -0.2) is 25.2 Å². The molecule has 112 valence electrons. The smallest absolute Gasteiger partial charge is 0.220 e. The first kappa shape index (κ1) is 17.3. The Balaban J connectivity index is 2.18. The quantitative estimate of drug-likeness (QED) is 0.739. The Hall–Kier alpha value is -0.770. The van der Waals surface area contributed by atoms with E-state index in [0.717, 1.165) is 12.0 Å². The minimum Gasteiger partial charge on any atom is -0.379 e. The highest BCUT2D eigenvalue weighted by Crippen LogP contribution is 2.23. The van der Waals surface area contributed by atoms with Crippen molar-refractivity contribution in [2.24, 2.45) is 0 Å². The molecule has 0 aliphatic heterocycles. The van der Waals surface area contributed by atoms with E-state index < -0.39 is 0 Å². The second-order valence-electron chi connectivity index (χ2n) is 4.87. The molecule has 1 amide bonds. The lowest BCUT2D eigenvalue weighted by Gasteiger charge is -2.08. The van der Waals surface area contributed by atoms with E-state index in [9.17, 15) is 4.79 Å². The number of ether oxygens (including phenoxy) is 1. The van der Waals surface area contributed by atoms with Gasteiger partial charge in [-0.3, -0.25) is 4.79 Å². The fourth-order valence-electron chi connectivity index (χ4n) is 1.66. The Morgan fingerprint density at radius 3 is 2.70 bits per heavy atom. The zero-order valence-corrected chi connectivity index (χ0v) is 13.4. The molecule has 0 unspecified atom stereocenters. The van der Waals surface area contributed by atoms with Gasteiger partial charge in [-0.05, 0) is 44.4 Å². The first-order chi connectivity index (χ1) is 9.49. The predicted octanol–water partition coefficient (Wildman–Crippen LogP) is 3.86. The van der Waals surface area contributed by atoms with Crippen molar-refractivity contribution in [3.8, 4) is 0 Å². The van der Waals surface area contributed by atoms with Crippen molar-refractivity contribution in [2.45, 2.75) is 39.2 Å². The molecule has 1 rings (SSSR count). The molecular formula is C15H21Cl2NO2. The Bertz CT molecular complexity index is 436. The summed E-state index contributed by atoms with van der Waals surface area (Å²) in [5, 5.41) is 3.93. The molecule has 0 aliphatic carbocycles. The molecule has 5 heteroatoms. The van der Waals surface area contributed by atoms with Crippen LogP contribution in [0.4, 0.5) is 0 Å². The first-order valence-electron chi connectivity index (χ1n) is 6.81. The Labute approximate surface area is 130 Å². The fraction of sp³-hybridized carbons (Fsp3) is 0.533. The van der Waals surface area contributed by atoms with Gasteiger partial charge >= 0.3 is 0 Å². The lowest BCUT2D eigenvalue weighted by atomic mass is 10.1. The van der Waals surface area contributed by atoms with Crippen LogP contribution in [-0.2, 0) is 16.0 Å². The molecule has 0 saturated carbocycles. The van der Waals surface area contributed by atoms with Crippen molar-refractivity contribution in [3.05, 3.63) is 33.8 Å². The molecule has 0 aliphatic rings. The van der Waals surface area contributed by atoms with Gasteiger partial charge in [0.25, 0.3) is 0 Å². The SMILES string of the molecule is CC(C)OCCCNC(=O)CCc1ccc(Cl)c(Cl)c1. The van der Waals surface area contributed by atoms with Gasteiger partial charge in [-0.1, -0.05) is 29.3 Å². The molecule has 1 aromatic carbocycles. The third-order valence-electron chi connectivity index (χ3n) is 2.72. The summed E-state index contributed by atoms with van der Waals surface area (Å²) < 4.78 is 5.40. The van der Waals surface area contributed by atoms with Crippen LogP contribution in [0.1, 0.15) is 32.3 Å². The monoisotopic (exact) mass is 317 g/mol. The van der Waals surface area contributed by atoms with Crippen molar-refractivity contribution < 1.29 is 9.53 Å². The lowest BCUT2D eigenvalue weighted by Crippen LogP contribution is -2.25. The summed E-state index contributed by atoms with van der Waals surface area (Å²) in [5.74, 6) is 0.0422. The van der Waals surface area contributed by atoms with Crippen molar-refractivity contribution in [3.63, 3.8) is 0 Å². The summed E-state index contributed by atoms with van der Waals surface area (Å²) in [4.78, 5) is 11.7. The highest BCUT2D eigenvalue weighted by molar-refractivity contribution is 6.42. The normalized spacial score (nSPS) is 10.8. The van der Waals surface area contributed by atoms with E-state index in [0.29, 0.717) is 36.0 Å². The largest absolute Gasteiger partial charge is 0.379 e. The summed E-state index contributed by atoms with van der Waals surface area (Å²) in [6, 6.07) is 5.44. The highest BCUT2D eigenvalue weighted by Gasteiger charge is 2.04.